The van der Waals surface area contributed by atoms with E-state index in [9.17, 15) is 14.9 Å². The number of hydrogen-bond donors (Lipinski definition) is 1. The molecule has 0 saturated carbocycles. The van der Waals surface area contributed by atoms with Crippen molar-refractivity contribution in [2.24, 2.45) is 0 Å². The molecule has 0 atom stereocenters. The van der Waals surface area contributed by atoms with E-state index in [4.69, 9.17) is 5.11 Å². The summed E-state index contributed by atoms with van der Waals surface area (Å²) in [7, 11) is 0. The number of nitrogens with zero attached hydrogens (tertiary/aromatic N) is 1. The highest BCUT2D eigenvalue weighted by Crippen LogP contribution is 2.28. The second-order valence-corrected chi connectivity index (χ2v) is 3.42. The van der Waals surface area contributed by atoms with E-state index in [0.29, 0.717) is 4.90 Å². The number of nitro benzene ring substituents is 1. The fraction of sp³-hybridized carbons (Fsp3) is 0.125. The molecule has 74 valence electrons. The minimum absolute atomic E-state index is 0.0567. The molecule has 6 heteroatoms. The summed E-state index contributed by atoms with van der Waals surface area (Å²) in [6.45, 7) is 0. The van der Waals surface area contributed by atoms with Gasteiger partial charge in [-0.15, -0.1) is 11.8 Å². The number of thioether (sulfide) groups is 1. The van der Waals surface area contributed by atoms with Crippen molar-refractivity contribution in [2.75, 3.05) is 5.75 Å². The lowest BCUT2D eigenvalue weighted by Gasteiger charge is -1.99. The maximum atomic E-state index is 10.5. The normalized spacial score (nSPS) is 9.71. The Balaban J connectivity index is 2.84. The van der Waals surface area contributed by atoms with Crippen LogP contribution in [0.3, 0.4) is 0 Å². The van der Waals surface area contributed by atoms with Crippen LogP contribution in [-0.4, -0.2) is 21.8 Å². The van der Waals surface area contributed by atoms with Crippen LogP contribution >= 0.6 is 11.8 Å². The highest BCUT2D eigenvalue weighted by Gasteiger charge is 2.13. The zero-order valence-corrected chi connectivity index (χ0v) is 7.86. The van der Waals surface area contributed by atoms with Crippen LogP contribution in [0, 0.1) is 10.1 Å². The van der Waals surface area contributed by atoms with Crippen LogP contribution < -0.4 is 0 Å². The van der Waals surface area contributed by atoms with Gasteiger partial charge in [0.25, 0.3) is 5.69 Å². The van der Waals surface area contributed by atoms with Crippen LogP contribution in [0.2, 0.25) is 0 Å². The van der Waals surface area contributed by atoms with E-state index in [0.717, 1.165) is 11.8 Å². The van der Waals surface area contributed by atoms with Crippen molar-refractivity contribution in [3.8, 4) is 0 Å². The molecule has 0 radical (unpaired) electrons. The monoisotopic (exact) mass is 213 g/mol. The van der Waals surface area contributed by atoms with E-state index >= 15 is 0 Å². The topological polar surface area (TPSA) is 80.4 Å². The van der Waals surface area contributed by atoms with Gasteiger partial charge in [0.2, 0.25) is 0 Å². The van der Waals surface area contributed by atoms with Gasteiger partial charge in [-0.05, 0) is 6.07 Å². The summed E-state index contributed by atoms with van der Waals surface area (Å²) in [5.74, 6) is -1.17. The zero-order chi connectivity index (χ0) is 10.6. The molecular weight excluding hydrogens is 206 g/mol. The van der Waals surface area contributed by atoms with Gasteiger partial charge in [0.05, 0.1) is 15.6 Å². The van der Waals surface area contributed by atoms with Gasteiger partial charge in [0.15, 0.2) is 0 Å². The first kappa shape index (κ1) is 10.5. The fourth-order valence-electron chi connectivity index (χ4n) is 0.870. The van der Waals surface area contributed by atoms with E-state index in [1.165, 1.54) is 12.1 Å². The average Bonchev–Trinajstić information content (AvgIpc) is 2.15. The lowest BCUT2D eigenvalue weighted by atomic mass is 10.3. The van der Waals surface area contributed by atoms with Gasteiger partial charge in [-0.25, -0.2) is 0 Å². The first-order valence-electron chi connectivity index (χ1n) is 3.69. The summed E-state index contributed by atoms with van der Waals surface area (Å²) in [5, 5.41) is 18.9. The lowest BCUT2D eigenvalue weighted by molar-refractivity contribution is -0.387. The molecule has 0 aromatic heterocycles. The molecule has 1 aromatic rings. The molecule has 0 spiro atoms. The molecule has 0 amide bonds. The van der Waals surface area contributed by atoms with E-state index in [1.807, 2.05) is 0 Å². The number of rotatable bonds is 4. The first-order chi connectivity index (χ1) is 6.61. The van der Waals surface area contributed by atoms with Crippen LogP contribution in [0.15, 0.2) is 29.2 Å². The molecule has 0 saturated heterocycles. The van der Waals surface area contributed by atoms with E-state index in [-0.39, 0.29) is 11.4 Å². The third-order valence-corrected chi connectivity index (χ3v) is 2.46. The fourth-order valence-corrected chi connectivity index (χ4v) is 1.61. The first-order valence-corrected chi connectivity index (χ1v) is 4.68. The number of nitro groups is 1. The molecule has 5 nitrogen and oxygen atoms in total. The third-order valence-electron chi connectivity index (χ3n) is 1.41. The lowest BCUT2D eigenvalue weighted by Crippen LogP contribution is -1.98. The van der Waals surface area contributed by atoms with Crippen molar-refractivity contribution in [3.63, 3.8) is 0 Å². The van der Waals surface area contributed by atoms with Gasteiger partial charge < -0.3 is 5.11 Å². The second-order valence-electron chi connectivity index (χ2n) is 2.41. The quantitative estimate of drug-likeness (QED) is 0.468. The number of carboxylic acids is 1. The summed E-state index contributed by atoms with van der Waals surface area (Å²) in [6.07, 6.45) is 0. The van der Waals surface area contributed by atoms with E-state index in [1.54, 1.807) is 12.1 Å². The molecule has 0 bridgehead atoms. The van der Waals surface area contributed by atoms with Crippen LogP contribution in [0.5, 0.6) is 0 Å². The standard InChI is InChI=1S/C8H7NO4S/c10-8(11)5-14-7-4-2-1-3-6(7)9(12)13/h1-4H,5H2,(H,10,11). The second kappa shape index (κ2) is 4.61. The summed E-state index contributed by atoms with van der Waals surface area (Å²) in [6, 6.07) is 6.07. The van der Waals surface area contributed by atoms with Crippen molar-refractivity contribution in [3.05, 3.63) is 34.4 Å². The summed E-state index contributed by atoms with van der Waals surface area (Å²) in [5.41, 5.74) is -0.0567. The Hall–Kier alpha value is -1.56. The van der Waals surface area contributed by atoms with Crippen LogP contribution in [0.25, 0.3) is 0 Å². The van der Waals surface area contributed by atoms with Crippen LogP contribution in [0.4, 0.5) is 5.69 Å². The maximum Gasteiger partial charge on any atom is 0.313 e. The van der Waals surface area contributed by atoms with Crippen molar-refractivity contribution in [1.29, 1.82) is 0 Å². The number of carbonyl (C=O) groups is 1. The summed E-state index contributed by atoms with van der Waals surface area (Å²) < 4.78 is 0. The Bertz CT molecular complexity index is 366. The van der Waals surface area contributed by atoms with Gasteiger partial charge in [-0.2, -0.15) is 0 Å². The van der Waals surface area contributed by atoms with Gasteiger partial charge >= 0.3 is 5.97 Å². The van der Waals surface area contributed by atoms with Crippen LogP contribution in [-0.2, 0) is 4.79 Å². The molecule has 1 aromatic carbocycles. The van der Waals surface area contributed by atoms with Crippen molar-refractivity contribution < 1.29 is 14.8 Å². The van der Waals surface area contributed by atoms with Gasteiger partial charge in [-0.3, -0.25) is 14.9 Å². The number of benzene rings is 1. The molecule has 0 fully saturated rings. The van der Waals surface area contributed by atoms with Gasteiger partial charge in [-0.1, -0.05) is 12.1 Å². The highest BCUT2D eigenvalue weighted by atomic mass is 32.2. The van der Waals surface area contributed by atoms with Gasteiger partial charge in [0.1, 0.15) is 0 Å². The molecule has 0 aliphatic rings. The SMILES string of the molecule is O=C(O)CSc1ccccc1[N+](=O)[O-]. The zero-order valence-electron chi connectivity index (χ0n) is 7.04. The number of aliphatic carboxylic acids is 1. The molecule has 0 unspecified atom stereocenters. The Kier molecular flexibility index (Phi) is 3.47. The Morgan fingerprint density at radius 3 is 2.71 bits per heavy atom. The average molecular weight is 213 g/mol. The predicted molar refractivity (Wildman–Crippen MR) is 51.5 cm³/mol. The smallest absolute Gasteiger partial charge is 0.313 e. The number of carboxylic acid groups (broad SMARTS) is 1. The van der Waals surface area contributed by atoms with Crippen molar-refractivity contribution in [2.45, 2.75) is 4.90 Å². The van der Waals surface area contributed by atoms with Crippen LogP contribution in [0.1, 0.15) is 0 Å². The van der Waals surface area contributed by atoms with E-state index < -0.39 is 10.9 Å². The van der Waals surface area contributed by atoms with Gasteiger partial charge in [0, 0.05) is 6.07 Å². The maximum absolute atomic E-state index is 10.5. The van der Waals surface area contributed by atoms with Crippen molar-refractivity contribution >= 4 is 23.4 Å². The van der Waals surface area contributed by atoms with E-state index in [2.05, 4.69) is 0 Å². The largest absolute Gasteiger partial charge is 0.481 e. The Labute approximate surface area is 83.9 Å². The molecular formula is C8H7NO4S. The highest BCUT2D eigenvalue weighted by molar-refractivity contribution is 8.00. The third kappa shape index (κ3) is 2.74. The molecule has 1 N–H and O–H groups in total. The minimum Gasteiger partial charge on any atom is -0.481 e. The predicted octanol–water partition coefficient (Wildman–Crippen LogP) is 1.77. The molecule has 14 heavy (non-hydrogen) atoms. The number of hydrogen-bond acceptors (Lipinski definition) is 4. The molecule has 0 heterocycles. The molecule has 0 aliphatic heterocycles. The molecule has 0 aliphatic carbocycles. The Morgan fingerprint density at radius 2 is 2.14 bits per heavy atom. The minimum atomic E-state index is -0.992. The summed E-state index contributed by atoms with van der Waals surface area (Å²) in [4.78, 5) is 20.6. The van der Waals surface area contributed by atoms with Crippen molar-refractivity contribution in [1.82, 2.24) is 0 Å². The summed E-state index contributed by atoms with van der Waals surface area (Å²) >= 11 is 0.942. The number of para-hydroxylation sites is 1. The Morgan fingerprint density at radius 1 is 1.50 bits per heavy atom. The molecule has 1 rings (SSSR count).